The Labute approximate surface area is 89.3 Å². The summed E-state index contributed by atoms with van der Waals surface area (Å²) in [7, 11) is 0. The highest BCUT2D eigenvalue weighted by atomic mass is 15.1. The topological polar surface area (TPSA) is 89.8 Å². The zero-order chi connectivity index (χ0) is 10.7. The third-order valence-corrected chi connectivity index (χ3v) is 2.86. The molecule has 2 rings (SSSR count). The van der Waals surface area contributed by atoms with Crippen LogP contribution >= 0.6 is 0 Å². The molecule has 82 valence electrons. The Kier molecular flexibility index (Phi) is 2.89. The third kappa shape index (κ3) is 2.29. The first-order valence-corrected chi connectivity index (χ1v) is 5.40. The van der Waals surface area contributed by atoms with Gasteiger partial charge in [-0.1, -0.05) is 19.3 Å². The molecule has 0 aromatic carbocycles. The minimum absolute atomic E-state index is 0.350. The van der Waals surface area contributed by atoms with Gasteiger partial charge < -0.3 is 16.8 Å². The van der Waals surface area contributed by atoms with E-state index < -0.39 is 0 Å². The number of nitrogens with one attached hydrogen (secondary N) is 1. The monoisotopic (exact) mass is 207 g/mol. The standard InChI is InChI=1S/C10H17N5/c11-8-9(12)13-6-14-10(8)15-7-4-2-1-3-5-7/h6-7H,1-5,11H2,(H3,12,13,14,15). The van der Waals surface area contributed by atoms with Gasteiger partial charge in [-0.25, -0.2) is 9.97 Å². The zero-order valence-corrected chi connectivity index (χ0v) is 8.74. The van der Waals surface area contributed by atoms with Crippen LogP contribution in [0, 0.1) is 0 Å². The number of nitrogen functional groups attached to an aromatic ring is 2. The van der Waals surface area contributed by atoms with Crippen molar-refractivity contribution in [2.75, 3.05) is 16.8 Å². The Balaban J connectivity index is 2.06. The molecule has 5 N–H and O–H groups in total. The number of anilines is 3. The van der Waals surface area contributed by atoms with Crippen molar-refractivity contribution >= 4 is 17.3 Å². The Hall–Kier alpha value is -1.52. The van der Waals surface area contributed by atoms with Gasteiger partial charge in [-0.15, -0.1) is 0 Å². The largest absolute Gasteiger partial charge is 0.393 e. The van der Waals surface area contributed by atoms with Crippen LogP contribution in [0.25, 0.3) is 0 Å². The van der Waals surface area contributed by atoms with Gasteiger partial charge >= 0.3 is 0 Å². The molecule has 0 atom stereocenters. The molecule has 1 aromatic rings. The fourth-order valence-electron chi connectivity index (χ4n) is 1.96. The molecule has 0 aliphatic heterocycles. The fourth-order valence-corrected chi connectivity index (χ4v) is 1.96. The second kappa shape index (κ2) is 4.33. The molecule has 1 heterocycles. The zero-order valence-electron chi connectivity index (χ0n) is 8.74. The summed E-state index contributed by atoms with van der Waals surface area (Å²) in [6, 6.07) is 0.482. The number of hydrogen-bond donors (Lipinski definition) is 3. The number of nitrogens with zero attached hydrogens (tertiary/aromatic N) is 2. The van der Waals surface area contributed by atoms with Crippen LogP contribution < -0.4 is 16.8 Å². The Morgan fingerprint density at radius 1 is 1.13 bits per heavy atom. The van der Waals surface area contributed by atoms with Crippen molar-refractivity contribution in [1.29, 1.82) is 0 Å². The lowest BCUT2D eigenvalue weighted by Gasteiger charge is -2.23. The van der Waals surface area contributed by atoms with E-state index in [0.717, 1.165) is 0 Å². The molecule has 0 spiro atoms. The van der Waals surface area contributed by atoms with Crippen LogP contribution in [-0.2, 0) is 0 Å². The second-order valence-electron chi connectivity index (χ2n) is 4.00. The van der Waals surface area contributed by atoms with Gasteiger partial charge in [-0.2, -0.15) is 0 Å². The van der Waals surface area contributed by atoms with Crippen molar-refractivity contribution in [3.05, 3.63) is 6.33 Å². The van der Waals surface area contributed by atoms with Gasteiger partial charge in [-0.3, -0.25) is 0 Å². The lowest BCUT2D eigenvalue weighted by molar-refractivity contribution is 0.462. The van der Waals surface area contributed by atoms with Gasteiger partial charge in [0.15, 0.2) is 11.6 Å². The summed E-state index contributed by atoms with van der Waals surface area (Å²) in [5, 5.41) is 3.33. The van der Waals surface area contributed by atoms with E-state index in [1.165, 1.54) is 38.4 Å². The average molecular weight is 207 g/mol. The molecule has 1 fully saturated rings. The van der Waals surface area contributed by atoms with Crippen molar-refractivity contribution in [1.82, 2.24) is 9.97 Å². The molecule has 0 radical (unpaired) electrons. The van der Waals surface area contributed by atoms with Gasteiger partial charge in [0, 0.05) is 6.04 Å². The van der Waals surface area contributed by atoms with Gasteiger partial charge in [-0.05, 0) is 12.8 Å². The highest BCUT2D eigenvalue weighted by Gasteiger charge is 2.15. The van der Waals surface area contributed by atoms with E-state index in [9.17, 15) is 0 Å². The Morgan fingerprint density at radius 3 is 2.60 bits per heavy atom. The quantitative estimate of drug-likeness (QED) is 0.681. The third-order valence-electron chi connectivity index (χ3n) is 2.86. The summed E-state index contributed by atoms with van der Waals surface area (Å²) < 4.78 is 0. The summed E-state index contributed by atoms with van der Waals surface area (Å²) in [5.41, 5.74) is 11.9. The predicted molar refractivity (Wildman–Crippen MR) is 61.4 cm³/mol. The average Bonchev–Trinajstić information content (AvgIpc) is 2.26. The summed E-state index contributed by atoms with van der Waals surface area (Å²) in [6.07, 6.45) is 7.69. The van der Waals surface area contributed by atoms with Crippen molar-refractivity contribution in [3.8, 4) is 0 Å². The molecule has 0 saturated heterocycles. The van der Waals surface area contributed by atoms with Crippen molar-refractivity contribution in [3.63, 3.8) is 0 Å². The Morgan fingerprint density at radius 2 is 1.87 bits per heavy atom. The molecule has 15 heavy (non-hydrogen) atoms. The first kappa shape index (κ1) is 10.0. The van der Waals surface area contributed by atoms with Crippen molar-refractivity contribution in [2.24, 2.45) is 0 Å². The first-order valence-electron chi connectivity index (χ1n) is 5.40. The maximum Gasteiger partial charge on any atom is 0.155 e. The highest BCUT2D eigenvalue weighted by Crippen LogP contribution is 2.25. The van der Waals surface area contributed by atoms with E-state index >= 15 is 0 Å². The highest BCUT2D eigenvalue weighted by molar-refractivity contribution is 5.72. The number of rotatable bonds is 2. The van der Waals surface area contributed by atoms with Crippen LogP contribution in [0.4, 0.5) is 17.3 Å². The molecular formula is C10H17N5. The van der Waals surface area contributed by atoms with Crippen molar-refractivity contribution < 1.29 is 0 Å². The molecule has 1 aromatic heterocycles. The minimum Gasteiger partial charge on any atom is -0.393 e. The van der Waals surface area contributed by atoms with E-state index in [-0.39, 0.29) is 0 Å². The summed E-state index contributed by atoms with van der Waals surface area (Å²) in [6.45, 7) is 0. The van der Waals surface area contributed by atoms with Crippen LogP contribution in [0.3, 0.4) is 0 Å². The summed E-state index contributed by atoms with van der Waals surface area (Å²) in [5.74, 6) is 1.03. The van der Waals surface area contributed by atoms with Crippen molar-refractivity contribution in [2.45, 2.75) is 38.1 Å². The van der Waals surface area contributed by atoms with E-state index in [1.54, 1.807) is 0 Å². The smallest absolute Gasteiger partial charge is 0.155 e. The molecule has 1 aliphatic rings. The lowest BCUT2D eigenvalue weighted by Crippen LogP contribution is -2.23. The molecular weight excluding hydrogens is 190 g/mol. The van der Waals surface area contributed by atoms with Crippen LogP contribution in [0.15, 0.2) is 6.33 Å². The van der Waals surface area contributed by atoms with E-state index in [0.29, 0.717) is 23.4 Å². The van der Waals surface area contributed by atoms with Gasteiger partial charge in [0.05, 0.1) is 0 Å². The molecule has 5 heteroatoms. The second-order valence-corrected chi connectivity index (χ2v) is 4.00. The molecule has 1 saturated carbocycles. The lowest BCUT2D eigenvalue weighted by atomic mass is 9.95. The van der Waals surface area contributed by atoms with E-state index in [1.807, 2.05) is 0 Å². The number of nitrogens with two attached hydrogens (primary N) is 2. The van der Waals surface area contributed by atoms with Gasteiger partial charge in [0.1, 0.15) is 12.0 Å². The van der Waals surface area contributed by atoms with E-state index in [2.05, 4.69) is 15.3 Å². The molecule has 5 nitrogen and oxygen atoms in total. The van der Waals surface area contributed by atoms with Gasteiger partial charge in [0.25, 0.3) is 0 Å². The van der Waals surface area contributed by atoms with Crippen LogP contribution in [0.5, 0.6) is 0 Å². The maximum absolute atomic E-state index is 5.79. The number of aromatic nitrogens is 2. The van der Waals surface area contributed by atoms with Gasteiger partial charge in [0.2, 0.25) is 0 Å². The molecule has 0 bridgehead atoms. The Bertz CT molecular complexity index is 333. The SMILES string of the molecule is Nc1ncnc(NC2CCCCC2)c1N. The summed E-state index contributed by atoms with van der Waals surface area (Å²) >= 11 is 0. The molecule has 1 aliphatic carbocycles. The molecule has 0 unspecified atom stereocenters. The predicted octanol–water partition coefficient (Wildman–Crippen LogP) is 1.39. The summed E-state index contributed by atoms with van der Waals surface area (Å²) in [4.78, 5) is 7.94. The molecule has 0 amide bonds. The number of hydrogen-bond acceptors (Lipinski definition) is 5. The van der Waals surface area contributed by atoms with Crippen LogP contribution in [0.1, 0.15) is 32.1 Å². The fraction of sp³-hybridized carbons (Fsp3) is 0.600. The minimum atomic E-state index is 0.350. The van der Waals surface area contributed by atoms with Crippen LogP contribution in [0.2, 0.25) is 0 Å². The normalized spacial score (nSPS) is 17.6. The maximum atomic E-state index is 5.79. The van der Waals surface area contributed by atoms with Crippen LogP contribution in [-0.4, -0.2) is 16.0 Å². The first-order chi connectivity index (χ1) is 7.27. The van der Waals surface area contributed by atoms with E-state index in [4.69, 9.17) is 11.5 Å².